The first kappa shape index (κ1) is 21.6. The number of aliphatic carboxylic acids is 1. The summed E-state index contributed by atoms with van der Waals surface area (Å²) < 4.78 is 44.7. The van der Waals surface area contributed by atoms with E-state index in [0.717, 1.165) is 39.1 Å². The van der Waals surface area contributed by atoms with Gasteiger partial charge in [-0.15, -0.1) is 0 Å². The lowest BCUT2D eigenvalue weighted by Gasteiger charge is -2.32. The molecule has 0 saturated heterocycles. The molecule has 2 heterocycles. The van der Waals surface area contributed by atoms with Gasteiger partial charge in [0.05, 0.1) is 17.2 Å². The summed E-state index contributed by atoms with van der Waals surface area (Å²) in [6.07, 6.45) is 2.36. The number of alkyl halides is 1. The fraction of sp³-hybridized carbons (Fsp3) is 0.360. The third-order valence-corrected chi connectivity index (χ3v) is 6.88. The van der Waals surface area contributed by atoms with E-state index in [0.29, 0.717) is 18.5 Å². The average Bonchev–Trinajstić information content (AvgIpc) is 3.36. The van der Waals surface area contributed by atoms with Gasteiger partial charge in [0.2, 0.25) is 5.67 Å². The van der Waals surface area contributed by atoms with Gasteiger partial charge in [0.1, 0.15) is 0 Å². The van der Waals surface area contributed by atoms with E-state index in [-0.39, 0.29) is 24.7 Å². The van der Waals surface area contributed by atoms with Gasteiger partial charge in [-0.2, -0.15) is 5.10 Å². The van der Waals surface area contributed by atoms with Crippen molar-refractivity contribution in [1.29, 1.82) is 0 Å². The Balaban J connectivity index is 1.77. The van der Waals surface area contributed by atoms with Crippen molar-refractivity contribution >= 4 is 27.8 Å². The first-order valence-corrected chi connectivity index (χ1v) is 11.1. The number of aromatic amines is 1. The molecule has 5 rings (SSSR count). The van der Waals surface area contributed by atoms with Crippen LogP contribution >= 0.6 is 0 Å². The lowest BCUT2D eigenvalue weighted by atomic mass is 9.75. The first-order chi connectivity index (χ1) is 15.7. The van der Waals surface area contributed by atoms with E-state index in [2.05, 4.69) is 10.2 Å². The van der Waals surface area contributed by atoms with E-state index < -0.39 is 23.3 Å². The van der Waals surface area contributed by atoms with Crippen LogP contribution in [0.1, 0.15) is 62.6 Å². The van der Waals surface area contributed by atoms with Crippen molar-refractivity contribution in [1.82, 2.24) is 14.8 Å². The quantitative estimate of drug-likeness (QED) is 0.376. The molecule has 2 aromatic heterocycles. The molecule has 0 aliphatic heterocycles. The zero-order valence-electron chi connectivity index (χ0n) is 18.3. The van der Waals surface area contributed by atoms with Gasteiger partial charge in [0.15, 0.2) is 11.6 Å². The topological polar surface area (TPSA) is 70.9 Å². The molecule has 5 nitrogen and oxygen atoms in total. The Morgan fingerprint density at radius 1 is 1.18 bits per heavy atom. The first-order valence-electron chi connectivity index (χ1n) is 11.1. The Kier molecular flexibility index (Phi) is 4.99. The van der Waals surface area contributed by atoms with Crippen LogP contribution in [0.3, 0.4) is 0 Å². The molecule has 1 aliphatic carbocycles. The predicted molar refractivity (Wildman–Crippen MR) is 120 cm³/mol. The molecule has 1 saturated carbocycles. The number of nitrogens with zero attached hydrogens (tertiary/aromatic N) is 2. The Hall–Kier alpha value is -3.29. The molecule has 1 aliphatic rings. The van der Waals surface area contributed by atoms with Crippen molar-refractivity contribution in [2.45, 2.75) is 57.0 Å². The van der Waals surface area contributed by atoms with E-state index in [1.54, 1.807) is 12.3 Å². The molecule has 0 radical (unpaired) electrons. The number of carboxylic acids is 1. The molecule has 0 atom stereocenters. The minimum atomic E-state index is -2.20. The van der Waals surface area contributed by atoms with Crippen LogP contribution in [0.15, 0.2) is 36.5 Å². The van der Waals surface area contributed by atoms with Gasteiger partial charge < -0.3 is 9.67 Å². The second-order valence-corrected chi connectivity index (χ2v) is 9.26. The summed E-state index contributed by atoms with van der Waals surface area (Å²) in [7, 11) is 0. The van der Waals surface area contributed by atoms with E-state index in [4.69, 9.17) is 0 Å². The van der Waals surface area contributed by atoms with Crippen LogP contribution in [-0.4, -0.2) is 31.5 Å². The van der Waals surface area contributed by atoms with Gasteiger partial charge in [0, 0.05) is 28.2 Å². The molecular formula is C25H24F3N3O2. The Morgan fingerprint density at radius 3 is 2.55 bits per heavy atom. The summed E-state index contributed by atoms with van der Waals surface area (Å²) in [6, 6.07) is 7.79. The predicted octanol–water partition coefficient (Wildman–Crippen LogP) is 6.36. The summed E-state index contributed by atoms with van der Waals surface area (Å²) in [5, 5.41) is 18.2. The SMILES string of the molecule is CC(C)c1c([C@H]2CC[C@](F)(C(=O)O)CC2)c2cc3[nH]ncc3cc2n1-c1ccc(F)c(F)c1. The van der Waals surface area contributed by atoms with Crippen molar-refractivity contribution in [3.05, 3.63) is 59.4 Å². The van der Waals surface area contributed by atoms with Crippen molar-refractivity contribution in [3.8, 4) is 5.69 Å². The van der Waals surface area contributed by atoms with Gasteiger partial charge in [-0.3, -0.25) is 5.10 Å². The highest BCUT2D eigenvalue weighted by Crippen LogP contribution is 2.47. The number of carbonyl (C=O) groups is 1. The molecule has 2 aromatic carbocycles. The third-order valence-electron chi connectivity index (χ3n) is 6.88. The number of aromatic nitrogens is 3. The van der Waals surface area contributed by atoms with Crippen LogP contribution < -0.4 is 0 Å². The molecular weight excluding hydrogens is 431 g/mol. The third kappa shape index (κ3) is 3.39. The van der Waals surface area contributed by atoms with Crippen LogP contribution in [0.25, 0.3) is 27.5 Å². The standard InChI is InChI=1S/C25H24F3N3O2/c1-13(2)23-22(14-5-7-25(28,8-6-14)24(32)33)17-11-20-15(12-29-30-20)9-21(17)31(23)16-3-4-18(26)19(27)10-16/h3-4,9-14H,5-8H2,1-2H3,(H,29,30)(H,32,33)/t14-,25+. The molecule has 2 N–H and O–H groups in total. The summed E-state index contributed by atoms with van der Waals surface area (Å²) in [6.45, 7) is 4.06. The number of H-pyrrole nitrogens is 1. The van der Waals surface area contributed by atoms with Gasteiger partial charge in [0.25, 0.3) is 0 Å². The second-order valence-electron chi connectivity index (χ2n) is 9.26. The Bertz CT molecular complexity index is 1380. The average molecular weight is 455 g/mol. The number of carboxylic acid groups (broad SMARTS) is 1. The van der Waals surface area contributed by atoms with Crippen LogP contribution in [0.2, 0.25) is 0 Å². The van der Waals surface area contributed by atoms with Gasteiger partial charge in [-0.25, -0.2) is 18.0 Å². The number of hydrogen-bond donors (Lipinski definition) is 2. The maximum atomic E-state index is 14.8. The highest BCUT2D eigenvalue weighted by molar-refractivity contribution is 5.99. The Labute approximate surface area is 188 Å². The van der Waals surface area contributed by atoms with E-state index in [9.17, 15) is 23.1 Å². The molecule has 0 unspecified atom stereocenters. The maximum absolute atomic E-state index is 14.8. The summed E-state index contributed by atoms with van der Waals surface area (Å²) in [5.74, 6) is -3.29. The fourth-order valence-corrected chi connectivity index (χ4v) is 5.25. The number of fused-ring (bicyclic) bond motifs is 2. The number of halogens is 3. The van der Waals surface area contributed by atoms with Gasteiger partial charge in [-0.1, -0.05) is 13.8 Å². The van der Waals surface area contributed by atoms with E-state index in [1.165, 1.54) is 6.07 Å². The van der Waals surface area contributed by atoms with E-state index >= 15 is 0 Å². The summed E-state index contributed by atoms with van der Waals surface area (Å²) in [5.41, 5.74) is 1.89. The molecule has 172 valence electrons. The lowest BCUT2D eigenvalue weighted by Crippen LogP contribution is -2.37. The second kappa shape index (κ2) is 7.64. The number of nitrogens with one attached hydrogen (secondary N) is 1. The van der Waals surface area contributed by atoms with Crippen molar-refractivity contribution < 1.29 is 23.1 Å². The highest BCUT2D eigenvalue weighted by atomic mass is 19.2. The largest absolute Gasteiger partial charge is 0.479 e. The molecule has 8 heteroatoms. The molecule has 1 fully saturated rings. The minimum Gasteiger partial charge on any atom is -0.479 e. The smallest absolute Gasteiger partial charge is 0.341 e. The maximum Gasteiger partial charge on any atom is 0.341 e. The fourth-order valence-electron chi connectivity index (χ4n) is 5.25. The monoisotopic (exact) mass is 455 g/mol. The van der Waals surface area contributed by atoms with Crippen molar-refractivity contribution in [3.63, 3.8) is 0 Å². The van der Waals surface area contributed by atoms with Crippen LogP contribution in [-0.2, 0) is 4.79 Å². The molecule has 33 heavy (non-hydrogen) atoms. The number of hydrogen-bond acceptors (Lipinski definition) is 2. The van der Waals surface area contributed by atoms with Crippen molar-refractivity contribution in [2.75, 3.05) is 0 Å². The van der Waals surface area contributed by atoms with Gasteiger partial charge >= 0.3 is 5.97 Å². The Morgan fingerprint density at radius 2 is 1.91 bits per heavy atom. The van der Waals surface area contributed by atoms with Crippen LogP contribution in [0.5, 0.6) is 0 Å². The molecule has 0 bridgehead atoms. The van der Waals surface area contributed by atoms with E-state index in [1.807, 2.05) is 30.5 Å². The number of benzene rings is 2. The summed E-state index contributed by atoms with van der Waals surface area (Å²) in [4.78, 5) is 11.4. The van der Waals surface area contributed by atoms with Gasteiger partial charge in [-0.05, 0) is 67.3 Å². The summed E-state index contributed by atoms with van der Waals surface area (Å²) >= 11 is 0. The molecule has 4 aromatic rings. The lowest BCUT2D eigenvalue weighted by molar-refractivity contribution is -0.153. The number of rotatable bonds is 4. The zero-order valence-corrected chi connectivity index (χ0v) is 18.3. The normalized spacial score (nSPS) is 21.3. The highest BCUT2D eigenvalue weighted by Gasteiger charge is 2.43. The van der Waals surface area contributed by atoms with Crippen LogP contribution in [0, 0.1) is 11.6 Å². The van der Waals surface area contributed by atoms with Crippen LogP contribution in [0.4, 0.5) is 13.2 Å². The minimum absolute atomic E-state index is 0.0218. The van der Waals surface area contributed by atoms with Crippen molar-refractivity contribution in [2.24, 2.45) is 0 Å². The molecule has 0 spiro atoms. The zero-order chi connectivity index (χ0) is 23.5. The molecule has 0 amide bonds.